The molecule has 24 heavy (non-hydrogen) atoms. The van der Waals surface area contributed by atoms with Gasteiger partial charge in [-0.2, -0.15) is 5.10 Å². The summed E-state index contributed by atoms with van der Waals surface area (Å²) in [5.74, 6) is -0.542. The van der Waals surface area contributed by atoms with E-state index >= 15 is 0 Å². The molecule has 122 valence electrons. The van der Waals surface area contributed by atoms with Gasteiger partial charge in [-0.1, -0.05) is 23.7 Å². The van der Waals surface area contributed by atoms with Gasteiger partial charge in [0.15, 0.2) is 11.5 Å². The van der Waals surface area contributed by atoms with Crippen molar-refractivity contribution < 1.29 is 14.0 Å². The van der Waals surface area contributed by atoms with Gasteiger partial charge in [-0.3, -0.25) is 14.7 Å². The Morgan fingerprint density at radius 3 is 2.71 bits per heavy atom. The quantitative estimate of drug-likeness (QED) is 0.674. The number of aromatic nitrogens is 2. The maximum atomic E-state index is 12.2. The van der Waals surface area contributed by atoms with Crippen LogP contribution in [0.2, 0.25) is 5.02 Å². The zero-order valence-electron chi connectivity index (χ0n) is 12.6. The predicted molar refractivity (Wildman–Crippen MR) is 88.9 cm³/mol. The van der Waals surface area contributed by atoms with Gasteiger partial charge in [-0.05, 0) is 31.2 Å². The van der Waals surface area contributed by atoms with Crippen LogP contribution in [-0.4, -0.2) is 22.0 Å². The maximum absolute atomic E-state index is 12.2. The number of nitrogens with zero attached hydrogens (tertiary/aromatic N) is 1. The first-order valence-electron chi connectivity index (χ1n) is 6.97. The number of hydrogen-bond donors (Lipinski definition) is 3. The topological polar surface area (TPSA) is 114 Å². The highest BCUT2D eigenvalue weighted by Gasteiger charge is 2.16. The van der Waals surface area contributed by atoms with Crippen molar-refractivity contribution in [3.05, 3.63) is 58.6 Å². The second-order valence-electron chi connectivity index (χ2n) is 5.07. The molecule has 0 aliphatic rings. The number of furan rings is 1. The van der Waals surface area contributed by atoms with Gasteiger partial charge in [-0.15, -0.1) is 0 Å². The minimum atomic E-state index is -0.644. The lowest BCUT2D eigenvalue weighted by Crippen LogP contribution is -2.13. The molecule has 2 heterocycles. The monoisotopic (exact) mass is 344 g/mol. The molecule has 0 aliphatic heterocycles. The Morgan fingerprint density at radius 1 is 1.29 bits per heavy atom. The summed E-state index contributed by atoms with van der Waals surface area (Å²) in [5.41, 5.74) is 7.12. The van der Waals surface area contributed by atoms with E-state index in [1.807, 2.05) is 0 Å². The van der Waals surface area contributed by atoms with E-state index in [-0.39, 0.29) is 16.5 Å². The number of aromatic amines is 1. The maximum Gasteiger partial charge on any atom is 0.284 e. The zero-order chi connectivity index (χ0) is 17.3. The van der Waals surface area contributed by atoms with Gasteiger partial charge in [0, 0.05) is 11.3 Å². The van der Waals surface area contributed by atoms with Crippen LogP contribution < -0.4 is 11.1 Å². The number of halogens is 1. The highest BCUT2D eigenvalue weighted by molar-refractivity contribution is 6.34. The number of nitrogens with two attached hydrogens (primary N) is 1. The molecule has 3 aromatic rings. The second-order valence-corrected chi connectivity index (χ2v) is 5.45. The Labute approximate surface area is 141 Å². The van der Waals surface area contributed by atoms with E-state index in [0.717, 1.165) is 0 Å². The van der Waals surface area contributed by atoms with E-state index in [0.29, 0.717) is 22.7 Å². The molecule has 8 heteroatoms. The number of benzene rings is 1. The average Bonchev–Trinajstić information content (AvgIpc) is 3.16. The summed E-state index contributed by atoms with van der Waals surface area (Å²) in [6, 6.07) is 10.1. The van der Waals surface area contributed by atoms with Crippen LogP contribution in [0.3, 0.4) is 0 Å². The number of H-pyrrole nitrogens is 1. The molecule has 0 atom stereocenters. The summed E-state index contributed by atoms with van der Waals surface area (Å²) in [5, 5.41) is 9.52. The number of carbonyl (C=O) groups excluding carboxylic acids is 2. The van der Waals surface area contributed by atoms with Crippen LogP contribution in [0.5, 0.6) is 0 Å². The van der Waals surface area contributed by atoms with E-state index in [1.165, 1.54) is 6.07 Å². The molecule has 0 saturated carbocycles. The fourth-order valence-corrected chi connectivity index (χ4v) is 2.30. The summed E-state index contributed by atoms with van der Waals surface area (Å²) in [7, 11) is 0. The highest BCUT2D eigenvalue weighted by atomic mass is 35.5. The van der Waals surface area contributed by atoms with Crippen molar-refractivity contribution >= 4 is 29.1 Å². The Bertz CT molecular complexity index is 929. The Balaban J connectivity index is 1.83. The van der Waals surface area contributed by atoms with Crippen molar-refractivity contribution in [2.45, 2.75) is 6.92 Å². The SMILES string of the molecule is Cc1[nH]nc(C(=O)Nc2cccc(-c3ccc(C(N)=O)o3)c2)c1Cl. The smallest absolute Gasteiger partial charge is 0.284 e. The number of hydrogen-bond acceptors (Lipinski definition) is 4. The molecule has 0 bridgehead atoms. The van der Waals surface area contributed by atoms with Crippen LogP contribution in [-0.2, 0) is 0 Å². The van der Waals surface area contributed by atoms with E-state index in [9.17, 15) is 9.59 Å². The van der Waals surface area contributed by atoms with Crippen molar-refractivity contribution in [2.75, 3.05) is 5.32 Å². The normalized spacial score (nSPS) is 10.6. The lowest BCUT2D eigenvalue weighted by Gasteiger charge is -2.05. The average molecular weight is 345 g/mol. The summed E-state index contributed by atoms with van der Waals surface area (Å²) >= 11 is 6.02. The fourth-order valence-electron chi connectivity index (χ4n) is 2.13. The largest absolute Gasteiger partial charge is 0.451 e. The van der Waals surface area contributed by atoms with E-state index in [2.05, 4.69) is 15.5 Å². The van der Waals surface area contributed by atoms with E-state index in [1.54, 1.807) is 37.3 Å². The second kappa shape index (κ2) is 6.21. The Morgan fingerprint density at radius 2 is 2.08 bits per heavy atom. The van der Waals surface area contributed by atoms with Crippen LogP contribution in [0.25, 0.3) is 11.3 Å². The molecule has 2 amide bonds. The first-order chi connectivity index (χ1) is 11.5. The number of aryl methyl sites for hydroxylation is 1. The molecule has 0 aliphatic carbocycles. The Hall–Kier alpha value is -3.06. The molecule has 7 nitrogen and oxygen atoms in total. The first-order valence-corrected chi connectivity index (χ1v) is 7.35. The van der Waals surface area contributed by atoms with Gasteiger partial charge in [0.1, 0.15) is 5.76 Å². The summed E-state index contributed by atoms with van der Waals surface area (Å²) in [6.45, 7) is 1.72. The van der Waals surface area contributed by atoms with E-state index in [4.69, 9.17) is 21.8 Å². The Kier molecular flexibility index (Phi) is 4.09. The van der Waals surface area contributed by atoms with Crippen LogP contribution in [0.15, 0.2) is 40.8 Å². The fraction of sp³-hybridized carbons (Fsp3) is 0.0625. The molecule has 3 rings (SSSR count). The summed E-state index contributed by atoms with van der Waals surface area (Å²) in [4.78, 5) is 23.3. The summed E-state index contributed by atoms with van der Waals surface area (Å²) in [6.07, 6.45) is 0. The third-order valence-electron chi connectivity index (χ3n) is 3.34. The number of anilines is 1. The van der Waals surface area contributed by atoms with Gasteiger partial charge in [-0.25, -0.2) is 0 Å². The molecular formula is C16H13ClN4O3. The molecule has 0 spiro atoms. The molecular weight excluding hydrogens is 332 g/mol. The highest BCUT2D eigenvalue weighted by Crippen LogP contribution is 2.25. The lowest BCUT2D eigenvalue weighted by molar-refractivity contribution is 0.0973. The van der Waals surface area contributed by atoms with Crippen LogP contribution in [0.4, 0.5) is 5.69 Å². The summed E-state index contributed by atoms with van der Waals surface area (Å²) < 4.78 is 5.37. The van der Waals surface area contributed by atoms with Crippen molar-refractivity contribution in [1.29, 1.82) is 0 Å². The van der Waals surface area contributed by atoms with Gasteiger partial charge in [0.05, 0.1) is 10.7 Å². The van der Waals surface area contributed by atoms with Gasteiger partial charge in [0.25, 0.3) is 11.8 Å². The number of amides is 2. The van der Waals surface area contributed by atoms with Crippen molar-refractivity contribution in [2.24, 2.45) is 5.73 Å². The predicted octanol–water partition coefficient (Wildman–Crippen LogP) is 2.98. The number of carbonyl (C=O) groups is 2. The van der Waals surface area contributed by atoms with Crippen molar-refractivity contribution in [3.63, 3.8) is 0 Å². The molecule has 1 aromatic carbocycles. The molecule has 4 N–H and O–H groups in total. The van der Waals surface area contributed by atoms with Gasteiger partial charge >= 0.3 is 0 Å². The molecule has 0 radical (unpaired) electrons. The zero-order valence-corrected chi connectivity index (χ0v) is 13.3. The molecule has 0 saturated heterocycles. The third-order valence-corrected chi connectivity index (χ3v) is 3.80. The first kappa shape index (κ1) is 15.8. The van der Waals surface area contributed by atoms with Crippen molar-refractivity contribution in [3.8, 4) is 11.3 Å². The minimum absolute atomic E-state index is 0.0678. The molecule has 0 unspecified atom stereocenters. The molecule has 0 fully saturated rings. The number of rotatable bonds is 4. The van der Waals surface area contributed by atoms with Crippen molar-refractivity contribution in [1.82, 2.24) is 10.2 Å². The standard InChI is InChI=1S/C16H13ClN4O3/c1-8-13(17)14(21-20-8)16(23)19-10-4-2-3-9(7-10)11-5-6-12(24-11)15(18)22/h2-7H,1H3,(H2,18,22)(H,19,23)(H,20,21). The number of primary amides is 1. The lowest BCUT2D eigenvalue weighted by atomic mass is 10.1. The van der Waals surface area contributed by atoms with Gasteiger partial charge in [0.2, 0.25) is 0 Å². The number of nitrogens with one attached hydrogen (secondary N) is 2. The van der Waals surface area contributed by atoms with Crippen LogP contribution in [0.1, 0.15) is 26.7 Å². The third kappa shape index (κ3) is 3.02. The van der Waals surface area contributed by atoms with Gasteiger partial charge < -0.3 is 15.5 Å². The van der Waals surface area contributed by atoms with Crippen LogP contribution >= 0.6 is 11.6 Å². The minimum Gasteiger partial charge on any atom is -0.451 e. The van der Waals surface area contributed by atoms with Crippen LogP contribution in [0, 0.1) is 6.92 Å². The molecule has 2 aromatic heterocycles. The van der Waals surface area contributed by atoms with E-state index < -0.39 is 11.8 Å².